The largest absolute Gasteiger partial charge is 0.361 e. The minimum atomic E-state index is -2.21. The molecule has 0 aliphatic heterocycles. The van der Waals surface area contributed by atoms with Gasteiger partial charge in [-0.3, -0.25) is 0 Å². The van der Waals surface area contributed by atoms with Crippen molar-refractivity contribution in [1.29, 1.82) is 0 Å². The molecule has 2 amide bonds. The normalized spacial score (nSPS) is 11.1. The van der Waals surface area contributed by atoms with Crippen molar-refractivity contribution in [1.82, 2.24) is 10.6 Å². The van der Waals surface area contributed by atoms with Gasteiger partial charge in [0.1, 0.15) is 13.5 Å². The molecule has 0 heterocycles. The Balaban J connectivity index is 4.02. The second-order valence-corrected chi connectivity index (χ2v) is 6.53. The predicted octanol–water partition coefficient (Wildman–Crippen LogP) is -1.26. The van der Waals surface area contributed by atoms with Gasteiger partial charge in [0.25, 0.3) is 0 Å². The third-order valence-corrected chi connectivity index (χ3v) is 4.33. The molecule has 13 heavy (non-hydrogen) atoms. The molecule has 0 rings (SSSR count). The molecule has 0 unspecified atom stereocenters. The summed E-state index contributed by atoms with van der Waals surface area (Å²) in [5.74, 6) is 0. The molecule has 0 atom stereocenters. The van der Waals surface area contributed by atoms with Crippen molar-refractivity contribution in [3.8, 4) is 0 Å². The van der Waals surface area contributed by atoms with Crippen molar-refractivity contribution >= 4 is 13.3 Å². The summed E-state index contributed by atoms with van der Waals surface area (Å²) in [5.41, 5.74) is 0. The standard InChI is InChI=1S/C6H15N2O4P/c1-7-6(12)8-2-13(3-9,4-10)5-11/h9-11H,2-5H2,1H3,(H-,7,8,12)/p+1. The van der Waals surface area contributed by atoms with Gasteiger partial charge in [-0.2, -0.15) is 0 Å². The molecule has 5 N–H and O–H groups in total. The summed E-state index contributed by atoms with van der Waals surface area (Å²) in [7, 11) is -0.747. The lowest BCUT2D eigenvalue weighted by atomic mass is 11.0. The highest BCUT2D eigenvalue weighted by Gasteiger charge is 2.36. The first-order valence-corrected chi connectivity index (χ1v) is 6.30. The number of carbonyl (C=O) groups excluding carboxylic acids is 1. The molecule has 0 spiro atoms. The van der Waals surface area contributed by atoms with Gasteiger partial charge in [-0.05, 0) is 0 Å². The zero-order valence-electron chi connectivity index (χ0n) is 7.53. The molecule has 0 saturated heterocycles. The molecule has 7 heteroatoms. The fourth-order valence-electron chi connectivity index (χ4n) is 0.612. The summed E-state index contributed by atoms with van der Waals surface area (Å²) in [6, 6.07) is -0.389. The summed E-state index contributed by atoms with van der Waals surface area (Å²) in [4.78, 5) is 10.8. The summed E-state index contributed by atoms with van der Waals surface area (Å²) in [6.45, 7) is 0. The van der Waals surface area contributed by atoms with E-state index in [1.165, 1.54) is 7.05 Å². The van der Waals surface area contributed by atoms with Gasteiger partial charge in [0.2, 0.25) is 0 Å². The van der Waals surface area contributed by atoms with Crippen molar-refractivity contribution in [2.75, 3.05) is 32.4 Å². The van der Waals surface area contributed by atoms with E-state index in [4.69, 9.17) is 15.3 Å². The van der Waals surface area contributed by atoms with Crippen molar-refractivity contribution in [2.45, 2.75) is 0 Å². The average Bonchev–Trinajstić information content (AvgIpc) is 2.20. The quantitative estimate of drug-likeness (QED) is 0.366. The molecule has 0 aliphatic carbocycles. The van der Waals surface area contributed by atoms with Crippen LogP contribution >= 0.6 is 7.26 Å². The van der Waals surface area contributed by atoms with E-state index in [-0.39, 0.29) is 31.4 Å². The number of nitrogens with one attached hydrogen (secondary N) is 2. The Labute approximate surface area is 77.3 Å². The van der Waals surface area contributed by atoms with E-state index in [0.717, 1.165) is 0 Å². The Hall–Kier alpha value is -0.420. The number of amides is 2. The second-order valence-electron chi connectivity index (χ2n) is 2.68. The van der Waals surface area contributed by atoms with Crippen LogP contribution in [0.25, 0.3) is 0 Å². The number of hydrogen-bond acceptors (Lipinski definition) is 4. The summed E-state index contributed by atoms with van der Waals surface area (Å²) in [6.07, 6.45) is -0.686. The number of rotatable bonds is 5. The van der Waals surface area contributed by atoms with Crippen LogP contribution in [-0.4, -0.2) is 53.7 Å². The monoisotopic (exact) mass is 211 g/mol. The molecular weight excluding hydrogens is 195 g/mol. The molecule has 78 valence electrons. The zero-order valence-corrected chi connectivity index (χ0v) is 8.42. The lowest BCUT2D eigenvalue weighted by molar-refractivity contribution is 0.244. The van der Waals surface area contributed by atoms with Gasteiger partial charge < -0.3 is 26.0 Å². The van der Waals surface area contributed by atoms with Gasteiger partial charge in [0.05, 0.1) is 0 Å². The smallest absolute Gasteiger partial charge is 0.317 e. The van der Waals surface area contributed by atoms with E-state index >= 15 is 0 Å². The van der Waals surface area contributed by atoms with Crippen LogP contribution in [0.15, 0.2) is 0 Å². The summed E-state index contributed by atoms with van der Waals surface area (Å²) < 4.78 is 0. The van der Waals surface area contributed by atoms with Crippen molar-refractivity contribution in [3.05, 3.63) is 0 Å². The first-order valence-electron chi connectivity index (χ1n) is 3.77. The maximum atomic E-state index is 10.8. The molecule has 0 saturated carbocycles. The first kappa shape index (κ1) is 12.6. The lowest BCUT2D eigenvalue weighted by Crippen LogP contribution is -2.35. The van der Waals surface area contributed by atoms with Crippen molar-refractivity contribution in [3.63, 3.8) is 0 Å². The molecule has 0 aromatic rings. The number of hydrogen-bond donors (Lipinski definition) is 5. The van der Waals surface area contributed by atoms with Crippen LogP contribution in [-0.2, 0) is 0 Å². The van der Waals surface area contributed by atoms with Gasteiger partial charge in [0, 0.05) is 7.05 Å². The summed E-state index contributed by atoms with van der Waals surface area (Å²) >= 11 is 0. The van der Waals surface area contributed by atoms with Gasteiger partial charge in [-0.25, -0.2) is 4.79 Å². The van der Waals surface area contributed by atoms with Crippen LogP contribution in [0.2, 0.25) is 0 Å². The van der Waals surface area contributed by atoms with Gasteiger partial charge in [0.15, 0.2) is 19.0 Å². The maximum Gasteiger partial charge on any atom is 0.317 e. The van der Waals surface area contributed by atoms with Gasteiger partial charge in [-0.1, -0.05) is 0 Å². The molecular formula is C6H16N2O4P+. The molecule has 0 bridgehead atoms. The van der Waals surface area contributed by atoms with E-state index in [1.54, 1.807) is 0 Å². The topological polar surface area (TPSA) is 102 Å². The summed E-state index contributed by atoms with van der Waals surface area (Å²) in [5, 5.41) is 31.5. The van der Waals surface area contributed by atoms with E-state index in [1.807, 2.05) is 0 Å². The van der Waals surface area contributed by atoms with Crippen LogP contribution in [0, 0.1) is 0 Å². The Bertz CT molecular complexity index is 154. The van der Waals surface area contributed by atoms with Crippen LogP contribution in [0.4, 0.5) is 4.79 Å². The Morgan fingerprint density at radius 3 is 2.00 bits per heavy atom. The van der Waals surface area contributed by atoms with Crippen molar-refractivity contribution in [2.24, 2.45) is 0 Å². The minimum absolute atomic E-state index is 0.135. The van der Waals surface area contributed by atoms with Gasteiger partial charge in [-0.15, -0.1) is 0 Å². The molecule has 6 nitrogen and oxygen atoms in total. The van der Waals surface area contributed by atoms with E-state index in [0.29, 0.717) is 0 Å². The predicted molar refractivity (Wildman–Crippen MR) is 50.6 cm³/mol. The highest BCUT2D eigenvalue weighted by molar-refractivity contribution is 7.75. The highest BCUT2D eigenvalue weighted by atomic mass is 31.2. The number of urea groups is 1. The Morgan fingerprint density at radius 2 is 1.69 bits per heavy atom. The van der Waals surface area contributed by atoms with Crippen molar-refractivity contribution < 1.29 is 20.1 Å². The molecule has 0 aliphatic rings. The third kappa shape index (κ3) is 3.87. The second kappa shape index (κ2) is 6.10. The SMILES string of the molecule is CNC(=O)NC[P+](CO)(CO)CO. The zero-order chi connectivity index (χ0) is 10.3. The van der Waals surface area contributed by atoms with Crippen LogP contribution < -0.4 is 10.6 Å². The Morgan fingerprint density at radius 1 is 1.23 bits per heavy atom. The van der Waals surface area contributed by atoms with Crippen LogP contribution in [0.1, 0.15) is 0 Å². The van der Waals surface area contributed by atoms with Gasteiger partial charge >= 0.3 is 6.03 Å². The van der Waals surface area contributed by atoms with E-state index < -0.39 is 7.26 Å². The molecule has 0 radical (unpaired) electrons. The van der Waals surface area contributed by atoms with Crippen LogP contribution in [0.3, 0.4) is 0 Å². The van der Waals surface area contributed by atoms with E-state index in [2.05, 4.69) is 10.6 Å². The average molecular weight is 211 g/mol. The molecule has 0 aromatic carbocycles. The number of aliphatic hydroxyl groups is 3. The van der Waals surface area contributed by atoms with E-state index in [9.17, 15) is 4.79 Å². The Kier molecular flexibility index (Phi) is 5.90. The molecule has 0 aromatic heterocycles. The fraction of sp³-hybridized carbons (Fsp3) is 0.833. The fourth-order valence-corrected chi connectivity index (χ4v) is 1.66. The number of aliphatic hydroxyl groups excluding tert-OH is 3. The van der Waals surface area contributed by atoms with Crippen LogP contribution in [0.5, 0.6) is 0 Å². The maximum absolute atomic E-state index is 10.8. The first-order chi connectivity index (χ1) is 6.14. The molecule has 0 fully saturated rings. The highest BCUT2D eigenvalue weighted by Crippen LogP contribution is 2.54. The third-order valence-electron chi connectivity index (χ3n) is 1.70. The number of carbonyl (C=O) groups is 1. The minimum Gasteiger partial charge on any atom is -0.361 e. The lowest BCUT2D eigenvalue weighted by Gasteiger charge is -2.20.